The number of amides is 3. The van der Waals surface area contributed by atoms with E-state index in [-0.39, 0.29) is 17.8 Å². The van der Waals surface area contributed by atoms with Crippen molar-refractivity contribution in [2.24, 2.45) is 11.1 Å². The predicted octanol–water partition coefficient (Wildman–Crippen LogP) is 4.55. The molecule has 1 aromatic carbocycles. The standard InChI is InChI=1S/C30H39N7O4S/c1-5-37(27(31)40)29-34-24-16-21(15-23(25(24)42-29)20-7-11-35(12-8-20)19(3)38)22-17-32-28(33-18-22)36-13-9-30(4,10-14-36)26(39)41-6-2/h15-18,20H,5-14H2,1-4H3,(H2,31,40). The Morgan fingerprint density at radius 1 is 1.07 bits per heavy atom. The molecule has 11 nitrogen and oxygen atoms in total. The lowest BCUT2D eigenvalue weighted by Gasteiger charge is -2.37. The maximum atomic E-state index is 12.4. The van der Waals surface area contributed by atoms with Gasteiger partial charge < -0.3 is 20.3 Å². The summed E-state index contributed by atoms with van der Waals surface area (Å²) in [4.78, 5) is 56.1. The largest absolute Gasteiger partial charge is 0.466 e. The van der Waals surface area contributed by atoms with E-state index in [2.05, 4.69) is 11.0 Å². The highest BCUT2D eigenvalue weighted by Gasteiger charge is 2.38. The van der Waals surface area contributed by atoms with Gasteiger partial charge in [0.1, 0.15) is 0 Å². The first-order valence-electron chi connectivity index (χ1n) is 14.6. The molecule has 2 N–H and O–H groups in total. The van der Waals surface area contributed by atoms with Gasteiger partial charge in [0.2, 0.25) is 11.9 Å². The van der Waals surface area contributed by atoms with Crippen molar-refractivity contribution < 1.29 is 19.1 Å². The molecule has 2 aromatic heterocycles. The van der Waals surface area contributed by atoms with Crippen molar-refractivity contribution in [2.45, 2.75) is 59.3 Å². The van der Waals surface area contributed by atoms with Crippen LogP contribution in [0.2, 0.25) is 0 Å². The molecule has 12 heteroatoms. The molecule has 0 atom stereocenters. The van der Waals surface area contributed by atoms with E-state index in [4.69, 9.17) is 25.4 Å². The number of hydrogen-bond acceptors (Lipinski definition) is 9. The number of thiazole rings is 1. The van der Waals surface area contributed by atoms with Gasteiger partial charge in [-0.15, -0.1) is 0 Å². The molecule has 0 spiro atoms. The van der Waals surface area contributed by atoms with Gasteiger partial charge in [0.05, 0.1) is 22.2 Å². The number of esters is 1. The van der Waals surface area contributed by atoms with Crippen LogP contribution in [0, 0.1) is 5.41 Å². The number of primary amides is 1. The van der Waals surface area contributed by atoms with Crippen LogP contribution in [0.4, 0.5) is 15.9 Å². The zero-order valence-corrected chi connectivity index (χ0v) is 25.6. The van der Waals surface area contributed by atoms with Crippen LogP contribution in [0.15, 0.2) is 24.5 Å². The molecule has 0 unspecified atom stereocenters. The Hall–Kier alpha value is -3.80. The molecule has 0 radical (unpaired) electrons. The number of urea groups is 1. The number of carbonyl (C=O) groups is 3. The first-order valence-corrected chi connectivity index (χ1v) is 15.5. The van der Waals surface area contributed by atoms with Crippen LogP contribution in [0.1, 0.15) is 64.9 Å². The lowest BCUT2D eigenvalue weighted by Crippen LogP contribution is -2.44. The number of nitrogens with two attached hydrogens (primary N) is 1. The highest BCUT2D eigenvalue weighted by Crippen LogP contribution is 2.41. The Kier molecular flexibility index (Phi) is 8.63. The number of benzene rings is 1. The number of aromatic nitrogens is 3. The molecule has 0 aliphatic carbocycles. The van der Waals surface area contributed by atoms with E-state index in [0.717, 1.165) is 39.7 Å². The van der Waals surface area contributed by atoms with E-state index >= 15 is 0 Å². The molecular formula is C30H39N7O4S. The molecule has 2 saturated heterocycles. The fourth-order valence-electron chi connectivity index (χ4n) is 5.87. The third-order valence-electron chi connectivity index (χ3n) is 8.59. The zero-order valence-electron chi connectivity index (χ0n) is 24.8. The highest BCUT2D eigenvalue weighted by molar-refractivity contribution is 7.22. The predicted molar refractivity (Wildman–Crippen MR) is 164 cm³/mol. The summed E-state index contributed by atoms with van der Waals surface area (Å²) < 4.78 is 6.32. The van der Waals surface area contributed by atoms with Gasteiger partial charge in [-0.05, 0) is 75.6 Å². The highest BCUT2D eigenvalue weighted by atomic mass is 32.1. The monoisotopic (exact) mass is 593 g/mol. The molecule has 42 heavy (non-hydrogen) atoms. The Bertz CT molecular complexity index is 1460. The number of carbonyl (C=O) groups excluding carboxylic acids is 3. The van der Waals surface area contributed by atoms with E-state index in [1.165, 1.54) is 16.2 Å². The molecule has 5 rings (SSSR count). The molecule has 3 aromatic rings. The first-order chi connectivity index (χ1) is 20.1. The van der Waals surface area contributed by atoms with Crippen molar-refractivity contribution in [1.82, 2.24) is 19.9 Å². The smallest absolute Gasteiger partial charge is 0.321 e. The minimum absolute atomic E-state index is 0.101. The number of hydrogen-bond donors (Lipinski definition) is 1. The quantitative estimate of drug-likeness (QED) is 0.394. The summed E-state index contributed by atoms with van der Waals surface area (Å²) >= 11 is 1.48. The van der Waals surface area contributed by atoms with Crippen LogP contribution in [0.5, 0.6) is 0 Å². The van der Waals surface area contributed by atoms with Crippen LogP contribution < -0.4 is 15.5 Å². The van der Waals surface area contributed by atoms with Gasteiger partial charge in [-0.2, -0.15) is 0 Å². The number of fused-ring (bicyclic) bond motifs is 1. The second-order valence-corrected chi connectivity index (χ2v) is 12.3. The Morgan fingerprint density at radius 3 is 2.31 bits per heavy atom. The van der Waals surface area contributed by atoms with Gasteiger partial charge in [-0.3, -0.25) is 14.5 Å². The molecule has 224 valence electrons. The minimum atomic E-state index is -0.530. The summed E-state index contributed by atoms with van der Waals surface area (Å²) in [7, 11) is 0. The Balaban J connectivity index is 1.43. The van der Waals surface area contributed by atoms with Crippen LogP contribution in [0.3, 0.4) is 0 Å². The van der Waals surface area contributed by atoms with Crippen molar-refractivity contribution in [2.75, 3.05) is 49.1 Å². The molecule has 2 aliphatic heterocycles. The third-order valence-corrected chi connectivity index (χ3v) is 9.73. The number of anilines is 2. The number of rotatable bonds is 7. The van der Waals surface area contributed by atoms with Crippen molar-refractivity contribution in [3.05, 3.63) is 30.1 Å². The van der Waals surface area contributed by atoms with E-state index < -0.39 is 11.4 Å². The molecule has 2 fully saturated rings. The van der Waals surface area contributed by atoms with Gasteiger partial charge >= 0.3 is 12.0 Å². The first kappa shape index (κ1) is 29.7. The molecule has 4 heterocycles. The van der Waals surface area contributed by atoms with Crippen LogP contribution in [-0.4, -0.2) is 77.1 Å². The fraction of sp³-hybridized carbons (Fsp3) is 0.533. The molecular weight excluding hydrogens is 554 g/mol. The lowest BCUT2D eigenvalue weighted by molar-refractivity contribution is -0.155. The molecule has 3 amide bonds. The number of ether oxygens (including phenoxy) is 1. The van der Waals surface area contributed by atoms with Gasteiger partial charge in [0, 0.05) is 57.6 Å². The van der Waals surface area contributed by atoms with Gasteiger partial charge in [0.15, 0.2) is 5.13 Å². The van der Waals surface area contributed by atoms with Crippen LogP contribution >= 0.6 is 11.3 Å². The second kappa shape index (κ2) is 12.2. The SMILES string of the molecule is CCOC(=O)C1(C)CCN(c2ncc(-c3cc(C4CCN(C(C)=O)CC4)c4sc(N(CC)C(N)=O)nc4c3)cn2)CC1. The maximum absolute atomic E-state index is 12.4. The second-order valence-electron chi connectivity index (χ2n) is 11.3. The van der Waals surface area contributed by atoms with Crippen molar-refractivity contribution in [3.8, 4) is 11.1 Å². The normalized spacial score (nSPS) is 17.3. The number of likely N-dealkylation sites (tertiary alicyclic amines) is 1. The summed E-state index contributed by atoms with van der Waals surface area (Å²) in [5.41, 5.74) is 8.94. The minimum Gasteiger partial charge on any atom is -0.466 e. The summed E-state index contributed by atoms with van der Waals surface area (Å²) in [6.07, 6.45) is 6.75. The van der Waals surface area contributed by atoms with Crippen LogP contribution in [-0.2, 0) is 14.3 Å². The Morgan fingerprint density at radius 2 is 1.74 bits per heavy atom. The maximum Gasteiger partial charge on any atom is 0.321 e. The van der Waals surface area contributed by atoms with Crippen molar-refractivity contribution >= 4 is 50.5 Å². The van der Waals surface area contributed by atoms with E-state index in [0.29, 0.717) is 63.3 Å². The molecule has 0 bridgehead atoms. The third kappa shape index (κ3) is 5.90. The van der Waals surface area contributed by atoms with Gasteiger partial charge in [0.25, 0.3) is 0 Å². The summed E-state index contributed by atoms with van der Waals surface area (Å²) in [5.74, 6) is 0.854. The molecule has 0 saturated carbocycles. The van der Waals surface area contributed by atoms with E-state index in [1.807, 2.05) is 44.1 Å². The summed E-state index contributed by atoms with van der Waals surface area (Å²) in [6.45, 7) is 10.9. The van der Waals surface area contributed by atoms with Crippen LogP contribution in [0.25, 0.3) is 21.3 Å². The number of piperidine rings is 2. The number of nitrogens with zero attached hydrogens (tertiary/aromatic N) is 6. The summed E-state index contributed by atoms with van der Waals surface area (Å²) in [5, 5.41) is 0.575. The van der Waals surface area contributed by atoms with E-state index in [1.54, 1.807) is 6.92 Å². The Labute approximate surface area is 250 Å². The van der Waals surface area contributed by atoms with Crippen molar-refractivity contribution in [3.63, 3.8) is 0 Å². The average molecular weight is 594 g/mol. The van der Waals surface area contributed by atoms with Crippen molar-refractivity contribution in [1.29, 1.82) is 0 Å². The van der Waals surface area contributed by atoms with E-state index in [9.17, 15) is 14.4 Å². The fourth-order valence-corrected chi connectivity index (χ4v) is 7.07. The lowest BCUT2D eigenvalue weighted by atomic mass is 9.80. The van der Waals surface area contributed by atoms with Gasteiger partial charge in [-0.1, -0.05) is 11.3 Å². The molecule has 2 aliphatic rings. The topological polar surface area (TPSA) is 135 Å². The zero-order chi connectivity index (χ0) is 30.0. The average Bonchev–Trinajstić information content (AvgIpc) is 3.41. The summed E-state index contributed by atoms with van der Waals surface area (Å²) in [6, 6.07) is 3.67. The van der Waals surface area contributed by atoms with Gasteiger partial charge in [-0.25, -0.2) is 19.7 Å².